The molecule has 5 N–H and O–H groups in total. The highest BCUT2D eigenvalue weighted by Crippen LogP contribution is 2.58. The third-order valence-electron chi connectivity index (χ3n) is 14.3. The number of carbonyl (C=O) groups is 4. The summed E-state index contributed by atoms with van der Waals surface area (Å²) >= 11 is 0. The molecule has 79 heavy (non-hydrogen) atoms. The molecule has 5 rings (SSSR count). The minimum atomic E-state index is -4.82. The number of phenolic OH excluding ortho intramolecular Hbond substituents is 2. The van der Waals surface area contributed by atoms with E-state index in [0.717, 1.165) is 77.0 Å². The van der Waals surface area contributed by atoms with Gasteiger partial charge in [-0.3, -0.25) is 18.6 Å². The standard InChI is InChI=1S/C62H88NO15P/c1-3-5-7-9-11-13-15-17-19-21-23-25-27-29-31-33-56(66)73-45-49(76-57(67)34-32-30-28-26-24-22-20-18-16-14-12-10-8-6-4-2)46-75-79(71,72)74-42-41-63-53-40-39-52-58(59(53)60(68)69)61(70)78-62(52)50-37-35-47(64)43-54(50)77-55-44-48(65)36-38-51(55)62/h17-20,35-40,43-44,49,63-65H,3-16,21-34,41-42,45-46H2,1-2H3,(H,68,69)(H,71,72)/b19-17-,20-18-. The highest BCUT2D eigenvalue weighted by molar-refractivity contribution is 7.47. The van der Waals surface area contributed by atoms with Crippen LogP contribution in [0.2, 0.25) is 0 Å². The van der Waals surface area contributed by atoms with Crippen LogP contribution < -0.4 is 10.1 Å². The number of aromatic hydroxyl groups is 2. The smallest absolute Gasteiger partial charge is 0.472 e. The second kappa shape index (κ2) is 35.1. The van der Waals surface area contributed by atoms with Crippen LogP contribution in [-0.2, 0) is 43.0 Å². The zero-order chi connectivity index (χ0) is 56.7. The fourth-order valence-electron chi connectivity index (χ4n) is 10.0. The number of nitrogens with one attached hydrogen (secondary N) is 1. The van der Waals surface area contributed by atoms with Crippen LogP contribution in [-0.4, -0.2) is 76.6 Å². The molecule has 436 valence electrons. The molecule has 2 atom stereocenters. The van der Waals surface area contributed by atoms with Gasteiger partial charge in [0.2, 0.25) is 0 Å². The second-order valence-electron chi connectivity index (χ2n) is 20.7. The van der Waals surface area contributed by atoms with Crippen LogP contribution in [0.15, 0.2) is 72.8 Å². The summed E-state index contributed by atoms with van der Waals surface area (Å²) < 4.78 is 46.8. The van der Waals surface area contributed by atoms with Crippen molar-refractivity contribution < 1.29 is 72.0 Å². The number of aromatic carboxylic acids is 1. The number of hydrogen-bond acceptors (Lipinski definition) is 14. The lowest BCUT2D eigenvalue weighted by molar-refractivity contribution is -0.161. The monoisotopic (exact) mass is 1120 g/mol. The number of ether oxygens (including phenoxy) is 4. The number of esters is 3. The Kier molecular flexibility index (Phi) is 28.5. The fraction of sp³-hybridized carbons (Fsp3) is 0.581. The van der Waals surface area contributed by atoms with Crippen LogP contribution in [0, 0.1) is 0 Å². The molecule has 3 aromatic rings. The van der Waals surface area contributed by atoms with Gasteiger partial charge in [-0.15, -0.1) is 0 Å². The summed E-state index contributed by atoms with van der Waals surface area (Å²) in [6, 6.07) is 11.3. The summed E-state index contributed by atoms with van der Waals surface area (Å²) in [7, 11) is -4.82. The molecule has 3 aromatic carbocycles. The fourth-order valence-corrected chi connectivity index (χ4v) is 10.8. The minimum Gasteiger partial charge on any atom is -0.508 e. The van der Waals surface area contributed by atoms with E-state index in [2.05, 4.69) is 43.5 Å². The van der Waals surface area contributed by atoms with Gasteiger partial charge >= 0.3 is 31.7 Å². The second-order valence-corrected chi connectivity index (χ2v) is 22.2. The number of unbranched alkanes of at least 4 members (excludes halogenated alkanes) is 22. The van der Waals surface area contributed by atoms with Crippen molar-refractivity contribution >= 4 is 37.4 Å². The first-order chi connectivity index (χ1) is 38.3. The summed E-state index contributed by atoms with van der Waals surface area (Å²) in [4.78, 5) is 63.2. The third kappa shape index (κ3) is 21.4. The maximum atomic E-state index is 13.8. The van der Waals surface area contributed by atoms with Crippen molar-refractivity contribution in [2.75, 3.05) is 31.7 Å². The Balaban J connectivity index is 1.09. The number of benzene rings is 3. The van der Waals surface area contributed by atoms with Gasteiger partial charge in [0, 0.05) is 53.9 Å². The van der Waals surface area contributed by atoms with Crippen LogP contribution in [0.4, 0.5) is 5.69 Å². The van der Waals surface area contributed by atoms with E-state index in [1.54, 1.807) is 0 Å². The normalized spacial score (nSPS) is 14.3. The van der Waals surface area contributed by atoms with Crippen LogP contribution in [0.1, 0.15) is 231 Å². The molecule has 17 heteroatoms. The van der Waals surface area contributed by atoms with Crippen LogP contribution >= 0.6 is 7.82 Å². The van der Waals surface area contributed by atoms with E-state index in [-0.39, 0.29) is 59.2 Å². The lowest BCUT2D eigenvalue weighted by Crippen LogP contribution is -2.33. The molecule has 2 unspecified atom stereocenters. The molecule has 0 fully saturated rings. The van der Waals surface area contributed by atoms with E-state index in [0.29, 0.717) is 24.0 Å². The van der Waals surface area contributed by atoms with E-state index >= 15 is 0 Å². The first-order valence-electron chi connectivity index (χ1n) is 29.3. The first kappa shape index (κ1) is 64.2. The maximum Gasteiger partial charge on any atom is 0.472 e. The highest BCUT2D eigenvalue weighted by Gasteiger charge is 2.55. The molecule has 2 aliphatic heterocycles. The summed E-state index contributed by atoms with van der Waals surface area (Å²) in [6.45, 7) is 2.75. The van der Waals surface area contributed by atoms with Gasteiger partial charge in [0.15, 0.2) is 11.7 Å². The number of anilines is 1. The Labute approximate surface area is 468 Å². The Morgan fingerprint density at radius 1 is 0.620 bits per heavy atom. The predicted molar refractivity (Wildman–Crippen MR) is 305 cm³/mol. The molecular formula is C62H88NO15P. The summed E-state index contributed by atoms with van der Waals surface area (Å²) in [6.07, 6.45) is 37.3. The number of phosphoric ester groups is 1. The quantitative estimate of drug-likeness (QED) is 0.0117. The van der Waals surface area contributed by atoms with E-state index in [1.807, 2.05) is 0 Å². The average Bonchev–Trinajstić information content (AvgIpc) is 3.35. The van der Waals surface area contributed by atoms with Crippen molar-refractivity contribution in [1.29, 1.82) is 0 Å². The summed E-state index contributed by atoms with van der Waals surface area (Å²) in [5.41, 5.74) is -1.65. The summed E-state index contributed by atoms with van der Waals surface area (Å²) in [5, 5.41) is 33.9. The maximum absolute atomic E-state index is 13.8. The number of phenols is 2. The molecule has 2 aliphatic rings. The van der Waals surface area contributed by atoms with Crippen molar-refractivity contribution in [2.45, 2.75) is 205 Å². The predicted octanol–water partition coefficient (Wildman–Crippen LogP) is 15.4. The van der Waals surface area contributed by atoms with Crippen LogP contribution in [0.5, 0.6) is 23.0 Å². The SMILES string of the molecule is CCCCCCCC/C=C\CCCCCCCC(=O)OCC(COP(=O)(O)OCCNc1ccc2c(c1C(=O)O)C(=O)OC21c2ccc(O)cc2Oc2cc(O)ccc21)OC(=O)CCCCCCC/C=C\CCCCCCCC. The van der Waals surface area contributed by atoms with Gasteiger partial charge in [-0.25, -0.2) is 14.2 Å². The number of phosphoric acid groups is 1. The van der Waals surface area contributed by atoms with Gasteiger partial charge in [0.25, 0.3) is 0 Å². The Bertz CT molecular complexity index is 2440. The molecule has 16 nitrogen and oxygen atoms in total. The molecule has 0 saturated carbocycles. The minimum absolute atomic E-state index is 0.0248. The van der Waals surface area contributed by atoms with E-state index in [1.165, 1.54) is 126 Å². The average molecular weight is 1120 g/mol. The number of hydrogen-bond donors (Lipinski definition) is 5. The van der Waals surface area contributed by atoms with Crippen LogP contribution in [0.25, 0.3) is 0 Å². The van der Waals surface area contributed by atoms with Crippen molar-refractivity contribution in [1.82, 2.24) is 0 Å². The molecule has 0 saturated heterocycles. The molecular weight excluding hydrogens is 1030 g/mol. The zero-order valence-corrected chi connectivity index (χ0v) is 47.8. The largest absolute Gasteiger partial charge is 0.508 e. The van der Waals surface area contributed by atoms with Crippen molar-refractivity contribution in [2.24, 2.45) is 0 Å². The van der Waals surface area contributed by atoms with E-state index < -0.39 is 68.8 Å². The topological polar surface area (TPSA) is 234 Å². The van der Waals surface area contributed by atoms with Crippen LogP contribution in [0.3, 0.4) is 0 Å². The van der Waals surface area contributed by atoms with Gasteiger partial charge < -0.3 is 44.5 Å². The van der Waals surface area contributed by atoms with Gasteiger partial charge in [0.05, 0.1) is 24.3 Å². The van der Waals surface area contributed by atoms with Gasteiger partial charge in [-0.2, -0.15) is 0 Å². The molecule has 0 radical (unpaired) electrons. The number of fused-ring (bicyclic) bond motifs is 6. The van der Waals surface area contributed by atoms with E-state index in [4.69, 9.17) is 28.0 Å². The highest BCUT2D eigenvalue weighted by atomic mass is 31.2. The lowest BCUT2D eigenvalue weighted by atomic mass is 9.77. The van der Waals surface area contributed by atoms with Crippen molar-refractivity contribution in [3.8, 4) is 23.0 Å². The number of carboxylic acids is 1. The van der Waals surface area contributed by atoms with E-state index in [9.17, 15) is 44.0 Å². The molecule has 2 heterocycles. The van der Waals surface area contributed by atoms with Gasteiger partial charge in [-0.05, 0) is 94.5 Å². The molecule has 0 amide bonds. The molecule has 0 aliphatic carbocycles. The number of rotatable bonds is 42. The Morgan fingerprint density at radius 2 is 1.09 bits per heavy atom. The first-order valence-corrected chi connectivity index (χ1v) is 30.8. The molecule has 1 spiro atoms. The van der Waals surface area contributed by atoms with Crippen molar-refractivity contribution in [3.05, 3.63) is 101 Å². The van der Waals surface area contributed by atoms with Crippen molar-refractivity contribution in [3.63, 3.8) is 0 Å². The Morgan fingerprint density at radius 3 is 1.59 bits per heavy atom. The number of carbonyl (C=O) groups excluding carboxylic acids is 3. The zero-order valence-electron chi connectivity index (χ0n) is 46.9. The summed E-state index contributed by atoms with van der Waals surface area (Å²) in [5.74, 6) is -3.52. The third-order valence-corrected chi connectivity index (χ3v) is 15.3. The van der Waals surface area contributed by atoms with Gasteiger partial charge in [-0.1, -0.05) is 147 Å². The lowest BCUT2D eigenvalue weighted by Gasteiger charge is -2.36. The molecule has 0 aromatic heterocycles. The number of allylic oxidation sites excluding steroid dienone is 4. The number of carboxylic acid groups (broad SMARTS) is 1. The Hall–Kier alpha value is -5.67. The molecule has 0 bridgehead atoms. The van der Waals surface area contributed by atoms with Gasteiger partial charge in [0.1, 0.15) is 29.6 Å².